The Morgan fingerprint density at radius 1 is 0.545 bits per heavy atom. The Kier molecular flexibility index (Phi) is 11.5. The molecule has 8 aromatic rings. The normalized spacial score (nSPS) is 18.8. The molecule has 0 saturated carbocycles. The minimum Gasteiger partial charge on any atom is -0.375 e. The molecule has 4 aromatic heterocycles. The third kappa shape index (κ3) is 8.11. The van der Waals surface area contributed by atoms with Crippen molar-refractivity contribution in [2.75, 3.05) is 36.1 Å². The van der Waals surface area contributed by atoms with Crippen LogP contribution in [0, 0.1) is 25.5 Å². The maximum atomic E-state index is 15.5. The second kappa shape index (κ2) is 17.8. The molecule has 0 unspecified atom stereocenters. The van der Waals surface area contributed by atoms with Crippen molar-refractivity contribution in [2.45, 2.75) is 64.8 Å². The predicted octanol–water partition coefficient (Wildman–Crippen LogP) is 5.81. The lowest BCUT2D eigenvalue weighted by Crippen LogP contribution is -2.50. The van der Waals surface area contributed by atoms with E-state index in [9.17, 15) is 0 Å². The van der Waals surface area contributed by atoms with Gasteiger partial charge in [-0.1, -0.05) is 0 Å². The van der Waals surface area contributed by atoms with E-state index < -0.39 is 0 Å². The van der Waals surface area contributed by atoms with E-state index in [0.29, 0.717) is 84.1 Å². The van der Waals surface area contributed by atoms with Crippen molar-refractivity contribution in [3.05, 3.63) is 155 Å². The maximum Gasteiger partial charge on any atom is 0.197 e. The number of nitrogens with zero attached hydrogens (tertiary/aromatic N) is 14. The highest BCUT2D eigenvalue weighted by Crippen LogP contribution is 2.37. The topological polar surface area (TPSA) is 165 Å². The molecule has 0 amide bonds. The average Bonchev–Trinajstić information content (AvgIpc) is 4.18. The monoisotopic (exact) mass is 892 g/mol. The van der Waals surface area contributed by atoms with Crippen LogP contribution in [-0.4, -0.2) is 116 Å². The fraction of sp³-hybridized carbons (Fsp3) is 0.298. The molecule has 0 radical (unpaired) electrons. The van der Waals surface area contributed by atoms with Gasteiger partial charge in [-0.15, -0.1) is 0 Å². The van der Waals surface area contributed by atoms with E-state index in [2.05, 4.69) is 50.6 Å². The van der Waals surface area contributed by atoms with Gasteiger partial charge in [0.2, 0.25) is 0 Å². The first kappa shape index (κ1) is 42.4. The summed E-state index contributed by atoms with van der Waals surface area (Å²) < 4.78 is 43.3. The number of carbonyl (C=O) groups is 1. The molecule has 0 N–H and O–H groups in total. The molecule has 0 spiro atoms. The lowest BCUT2D eigenvalue weighted by Gasteiger charge is -2.41. The molecule has 19 heteroatoms. The molecule has 4 atom stereocenters. The Morgan fingerprint density at radius 3 is 1.29 bits per heavy atom. The molecule has 2 aliphatic heterocycles. The van der Waals surface area contributed by atoms with Gasteiger partial charge in [0.25, 0.3) is 0 Å². The number of morpholine rings is 2. The van der Waals surface area contributed by atoms with Crippen molar-refractivity contribution in [1.29, 1.82) is 0 Å². The van der Waals surface area contributed by atoms with Crippen LogP contribution in [0.1, 0.15) is 52.0 Å². The number of ether oxygens (including phenoxy) is 2. The predicted molar refractivity (Wildman–Crippen MR) is 239 cm³/mol. The largest absolute Gasteiger partial charge is 0.375 e. The van der Waals surface area contributed by atoms with Gasteiger partial charge in [-0.3, -0.25) is 4.79 Å². The van der Waals surface area contributed by atoms with Crippen molar-refractivity contribution in [2.24, 2.45) is 0 Å². The number of rotatable bonds is 12. The molecule has 2 saturated heterocycles. The van der Waals surface area contributed by atoms with Crippen LogP contribution in [0.4, 0.5) is 20.2 Å². The van der Waals surface area contributed by atoms with E-state index >= 15 is 13.6 Å². The zero-order chi connectivity index (χ0) is 45.5. The van der Waals surface area contributed by atoms with E-state index in [1.807, 2.05) is 39.8 Å². The van der Waals surface area contributed by atoms with E-state index in [4.69, 9.17) is 9.47 Å². The lowest BCUT2D eigenvalue weighted by atomic mass is 9.93. The van der Waals surface area contributed by atoms with Crippen LogP contribution in [0.15, 0.2) is 110 Å². The van der Waals surface area contributed by atoms with E-state index in [1.165, 1.54) is 31.3 Å². The smallest absolute Gasteiger partial charge is 0.197 e. The summed E-state index contributed by atoms with van der Waals surface area (Å²) in [5, 5.41) is 35.0. The minimum absolute atomic E-state index is 0.124. The van der Waals surface area contributed by atoms with Gasteiger partial charge in [-0.25, -0.2) is 8.78 Å². The highest BCUT2D eigenvalue weighted by Gasteiger charge is 2.34. The number of ketones is 1. The number of benzene rings is 4. The van der Waals surface area contributed by atoms with Crippen LogP contribution in [-0.2, 0) is 22.3 Å². The molecule has 2 aliphatic rings. The van der Waals surface area contributed by atoms with Crippen molar-refractivity contribution >= 4 is 17.2 Å². The average molecular weight is 893 g/mol. The first-order valence-corrected chi connectivity index (χ1v) is 21.7. The second-order valence-electron chi connectivity index (χ2n) is 16.7. The van der Waals surface area contributed by atoms with Gasteiger partial charge in [0.1, 0.15) is 23.0 Å². The number of aromatic nitrogens is 12. The molecule has 6 heterocycles. The fourth-order valence-electron chi connectivity index (χ4n) is 9.20. The Labute approximate surface area is 378 Å². The van der Waals surface area contributed by atoms with Crippen molar-refractivity contribution in [3.8, 4) is 22.7 Å². The molecule has 4 aromatic carbocycles. The van der Waals surface area contributed by atoms with Gasteiger partial charge in [0.05, 0.1) is 110 Å². The van der Waals surface area contributed by atoms with Gasteiger partial charge < -0.3 is 19.3 Å². The van der Waals surface area contributed by atoms with Gasteiger partial charge in [-0.05, 0) is 112 Å². The SMILES string of the molecule is Cc1c(N2C[C@@H](C)OC[C@H]2Cc2cc(-n3nccn3)ccc2F)ccc(C(=O)c2ccc(N3C[C@@H](C)OC[C@H]3Cc3cc(-n4nccn4)ccc3F)c(C)c2-n2nccn2)c1-n1nccn1. The van der Waals surface area contributed by atoms with Crippen molar-refractivity contribution in [1.82, 2.24) is 60.0 Å². The molecular weight excluding hydrogens is 847 g/mol. The highest BCUT2D eigenvalue weighted by molar-refractivity contribution is 6.14. The summed E-state index contributed by atoms with van der Waals surface area (Å²) >= 11 is 0. The Morgan fingerprint density at radius 2 is 0.909 bits per heavy atom. The molecule has 0 aliphatic carbocycles. The first-order valence-electron chi connectivity index (χ1n) is 21.7. The van der Waals surface area contributed by atoms with Crippen LogP contribution in [0.2, 0.25) is 0 Å². The van der Waals surface area contributed by atoms with Gasteiger partial charge >= 0.3 is 0 Å². The number of halogens is 2. The maximum absolute atomic E-state index is 15.5. The van der Waals surface area contributed by atoms with Crippen LogP contribution in [0.3, 0.4) is 0 Å². The third-order valence-electron chi connectivity index (χ3n) is 12.4. The standard InChI is InChI=1S/C47H46F2N14O3/c1-29-25-58(37(27-65-29)23-33-21-35(5-9-41(33)48)60-50-13-14-51-60)43-11-7-39(45(31(43)3)62-54-17-18-55-62)47(64)40-8-12-44(32(4)46(40)63-56-19-20-57-63)59-26-30(2)66-28-38(59)24-34-22-36(6-10-42(34)49)61-52-15-16-53-61/h5-22,29-30,37-38H,23-28H2,1-4H3/t29-,30-,37-,38-/m1/s1. The van der Waals surface area contributed by atoms with E-state index in [1.54, 1.807) is 86.0 Å². The van der Waals surface area contributed by atoms with Gasteiger partial charge in [0, 0.05) is 35.6 Å². The van der Waals surface area contributed by atoms with Crippen LogP contribution >= 0.6 is 0 Å². The third-order valence-corrected chi connectivity index (χ3v) is 12.4. The lowest BCUT2D eigenvalue weighted by molar-refractivity contribution is 0.0304. The summed E-state index contributed by atoms with van der Waals surface area (Å²) in [6, 6.07) is 16.6. The fourth-order valence-corrected chi connectivity index (χ4v) is 9.20. The Bertz CT molecular complexity index is 2780. The second-order valence-corrected chi connectivity index (χ2v) is 16.7. The summed E-state index contributed by atoms with van der Waals surface area (Å²) in [6.45, 7) is 9.63. The number of anilines is 2. The van der Waals surface area contributed by atoms with Crippen molar-refractivity contribution in [3.63, 3.8) is 0 Å². The van der Waals surface area contributed by atoms with Gasteiger partial charge in [0.15, 0.2) is 5.78 Å². The van der Waals surface area contributed by atoms with Crippen LogP contribution in [0.25, 0.3) is 22.7 Å². The summed E-state index contributed by atoms with van der Waals surface area (Å²) in [5.41, 5.74) is 7.17. The molecule has 2 fully saturated rings. The van der Waals surface area contributed by atoms with Crippen LogP contribution < -0.4 is 9.80 Å². The number of hydrogen-bond acceptors (Lipinski definition) is 13. The molecule has 66 heavy (non-hydrogen) atoms. The zero-order valence-corrected chi connectivity index (χ0v) is 36.7. The Hall–Kier alpha value is -7.51. The van der Waals surface area contributed by atoms with E-state index in [0.717, 1.165) is 22.5 Å². The first-order chi connectivity index (χ1) is 32.1. The molecule has 336 valence electrons. The molecular formula is C47H46F2N14O3. The molecule has 17 nitrogen and oxygen atoms in total. The summed E-state index contributed by atoms with van der Waals surface area (Å²) in [4.78, 5) is 25.6. The molecule has 10 rings (SSSR count). The molecule has 0 bridgehead atoms. The summed E-state index contributed by atoms with van der Waals surface area (Å²) in [6.07, 6.45) is 13.0. The highest BCUT2D eigenvalue weighted by atomic mass is 19.1. The van der Waals surface area contributed by atoms with E-state index in [-0.39, 0.29) is 41.7 Å². The van der Waals surface area contributed by atoms with Gasteiger partial charge in [-0.2, -0.15) is 60.0 Å². The summed E-state index contributed by atoms with van der Waals surface area (Å²) in [7, 11) is 0. The number of hydrogen-bond donors (Lipinski definition) is 0. The summed E-state index contributed by atoms with van der Waals surface area (Å²) in [5.74, 6) is -0.974. The minimum atomic E-state index is -0.339. The van der Waals surface area contributed by atoms with Crippen LogP contribution in [0.5, 0.6) is 0 Å². The van der Waals surface area contributed by atoms with Crippen molar-refractivity contribution < 1.29 is 23.0 Å². The Balaban J connectivity index is 1.02. The zero-order valence-electron chi connectivity index (χ0n) is 36.7. The number of carbonyl (C=O) groups excluding carboxylic acids is 1. The quantitative estimate of drug-likeness (QED) is 0.135.